The Morgan fingerprint density at radius 1 is 1.32 bits per heavy atom. The summed E-state index contributed by atoms with van der Waals surface area (Å²) in [7, 11) is 0. The molecule has 0 amide bonds. The molecular formula is C14H9BrN4. The number of halogens is 1. The topological polar surface area (TPSA) is 53.6 Å². The predicted molar refractivity (Wildman–Crippen MR) is 79.2 cm³/mol. The molecule has 0 saturated heterocycles. The number of benzene rings is 1. The first-order chi connectivity index (χ1) is 9.28. The van der Waals surface area contributed by atoms with Crippen molar-refractivity contribution in [3.63, 3.8) is 0 Å². The highest BCUT2D eigenvalue weighted by molar-refractivity contribution is 9.10. The fraction of sp³-hybridized carbons (Fsp3) is 0. The van der Waals surface area contributed by atoms with Crippen LogP contribution in [0.1, 0.15) is 5.56 Å². The molecule has 92 valence electrons. The van der Waals surface area contributed by atoms with Gasteiger partial charge in [0.1, 0.15) is 17.8 Å². The number of rotatable bonds is 2. The van der Waals surface area contributed by atoms with E-state index in [0.29, 0.717) is 0 Å². The van der Waals surface area contributed by atoms with Gasteiger partial charge in [0.15, 0.2) is 0 Å². The van der Waals surface area contributed by atoms with Crippen LogP contribution in [0, 0.1) is 12.3 Å². The van der Waals surface area contributed by atoms with Crippen LogP contribution in [0.5, 0.6) is 0 Å². The van der Waals surface area contributed by atoms with Crippen molar-refractivity contribution in [2.24, 2.45) is 0 Å². The summed E-state index contributed by atoms with van der Waals surface area (Å²) in [5.41, 5.74) is 2.49. The van der Waals surface area contributed by atoms with Gasteiger partial charge in [0, 0.05) is 21.9 Å². The Morgan fingerprint density at radius 2 is 2.21 bits per heavy atom. The molecule has 0 bridgehead atoms. The van der Waals surface area contributed by atoms with E-state index in [1.807, 2.05) is 30.5 Å². The van der Waals surface area contributed by atoms with E-state index < -0.39 is 0 Å². The van der Waals surface area contributed by atoms with Crippen molar-refractivity contribution in [1.29, 1.82) is 0 Å². The molecular weight excluding hydrogens is 304 g/mol. The number of nitrogens with one attached hydrogen (secondary N) is 2. The first kappa shape index (κ1) is 11.8. The monoisotopic (exact) mass is 312 g/mol. The molecule has 19 heavy (non-hydrogen) atoms. The van der Waals surface area contributed by atoms with Crippen molar-refractivity contribution in [1.82, 2.24) is 15.0 Å². The Morgan fingerprint density at radius 3 is 3.05 bits per heavy atom. The molecule has 0 saturated carbocycles. The molecule has 0 radical (unpaired) electrons. The van der Waals surface area contributed by atoms with Crippen LogP contribution >= 0.6 is 15.9 Å². The highest BCUT2D eigenvalue weighted by atomic mass is 79.9. The largest absolute Gasteiger partial charge is 0.345 e. The highest BCUT2D eigenvalue weighted by Crippen LogP contribution is 2.29. The quantitative estimate of drug-likeness (QED) is 0.713. The molecule has 1 aromatic carbocycles. The second kappa shape index (κ2) is 4.75. The van der Waals surface area contributed by atoms with Crippen molar-refractivity contribution < 1.29 is 0 Å². The normalized spacial score (nSPS) is 10.3. The standard InChI is InChI=1S/C14H9BrN4/c1-2-9-4-3-5-10(6-9)19-14-12-11(15)7-16-13(12)17-8-18-14/h1,3-8H,(H2,16,17,18,19). The van der Waals surface area contributed by atoms with Crippen LogP contribution in [0.15, 0.2) is 41.3 Å². The van der Waals surface area contributed by atoms with E-state index >= 15 is 0 Å². The lowest BCUT2D eigenvalue weighted by molar-refractivity contribution is 1.20. The summed E-state index contributed by atoms with van der Waals surface area (Å²) < 4.78 is 0.915. The van der Waals surface area contributed by atoms with E-state index in [1.54, 1.807) is 0 Å². The van der Waals surface area contributed by atoms with Crippen molar-refractivity contribution in [2.45, 2.75) is 0 Å². The summed E-state index contributed by atoms with van der Waals surface area (Å²) in [6, 6.07) is 7.62. The molecule has 4 nitrogen and oxygen atoms in total. The van der Waals surface area contributed by atoms with Gasteiger partial charge in [-0.25, -0.2) is 9.97 Å². The number of hydrogen-bond donors (Lipinski definition) is 2. The minimum atomic E-state index is 0.729. The molecule has 0 aliphatic carbocycles. The summed E-state index contributed by atoms with van der Waals surface area (Å²) >= 11 is 3.48. The van der Waals surface area contributed by atoms with Crippen LogP contribution < -0.4 is 5.32 Å². The summed E-state index contributed by atoms with van der Waals surface area (Å²) in [6.07, 6.45) is 8.74. The lowest BCUT2D eigenvalue weighted by Gasteiger charge is -2.07. The van der Waals surface area contributed by atoms with Crippen LogP contribution in [0.25, 0.3) is 11.0 Å². The molecule has 5 heteroatoms. The third-order valence-corrected chi connectivity index (χ3v) is 3.34. The van der Waals surface area contributed by atoms with Gasteiger partial charge in [-0.05, 0) is 34.1 Å². The van der Waals surface area contributed by atoms with Gasteiger partial charge < -0.3 is 10.3 Å². The molecule has 2 heterocycles. The zero-order valence-corrected chi connectivity index (χ0v) is 11.4. The first-order valence-electron chi connectivity index (χ1n) is 5.59. The van der Waals surface area contributed by atoms with Crippen molar-refractivity contribution in [2.75, 3.05) is 5.32 Å². The van der Waals surface area contributed by atoms with Crippen molar-refractivity contribution >= 4 is 38.5 Å². The number of nitrogens with zero attached hydrogens (tertiary/aromatic N) is 2. The maximum absolute atomic E-state index is 5.39. The molecule has 2 aromatic heterocycles. The third kappa shape index (κ3) is 2.18. The Balaban J connectivity index is 2.06. The highest BCUT2D eigenvalue weighted by Gasteiger charge is 2.09. The number of terminal acetylenes is 1. The molecule has 0 unspecified atom stereocenters. The predicted octanol–water partition coefficient (Wildman–Crippen LogP) is 3.45. The molecule has 3 aromatic rings. The van der Waals surface area contributed by atoms with Gasteiger partial charge in [0.05, 0.1) is 5.39 Å². The third-order valence-electron chi connectivity index (χ3n) is 2.71. The van der Waals surface area contributed by atoms with Crippen molar-refractivity contribution in [3.05, 3.63) is 46.8 Å². The van der Waals surface area contributed by atoms with Gasteiger partial charge in [0.2, 0.25) is 0 Å². The molecule has 0 atom stereocenters. The van der Waals surface area contributed by atoms with Crippen LogP contribution in [0.4, 0.5) is 11.5 Å². The van der Waals surface area contributed by atoms with Crippen molar-refractivity contribution in [3.8, 4) is 12.3 Å². The van der Waals surface area contributed by atoms with E-state index in [2.05, 4.69) is 42.1 Å². The van der Waals surface area contributed by atoms with Gasteiger partial charge in [0.25, 0.3) is 0 Å². The van der Waals surface area contributed by atoms with Gasteiger partial charge in [-0.1, -0.05) is 12.0 Å². The minimum Gasteiger partial charge on any atom is -0.345 e. The Kier molecular flexibility index (Phi) is 2.94. The fourth-order valence-corrected chi connectivity index (χ4v) is 2.33. The van der Waals surface area contributed by atoms with Crippen LogP contribution in [0.2, 0.25) is 0 Å². The second-order valence-corrected chi connectivity index (χ2v) is 4.79. The number of H-pyrrole nitrogens is 1. The van der Waals surface area contributed by atoms with Crippen LogP contribution in [0.3, 0.4) is 0 Å². The van der Waals surface area contributed by atoms with E-state index in [-0.39, 0.29) is 0 Å². The van der Waals surface area contributed by atoms with E-state index in [1.165, 1.54) is 6.33 Å². The Hall–Kier alpha value is -2.32. The zero-order valence-electron chi connectivity index (χ0n) is 9.81. The molecule has 0 aliphatic heterocycles. The summed E-state index contributed by atoms with van der Waals surface area (Å²) in [6.45, 7) is 0. The molecule has 2 N–H and O–H groups in total. The van der Waals surface area contributed by atoms with Crippen LogP contribution in [-0.4, -0.2) is 15.0 Å². The van der Waals surface area contributed by atoms with Gasteiger partial charge in [-0.15, -0.1) is 6.42 Å². The van der Waals surface area contributed by atoms with Gasteiger partial charge >= 0.3 is 0 Å². The number of fused-ring (bicyclic) bond motifs is 1. The maximum Gasteiger partial charge on any atom is 0.144 e. The average molecular weight is 313 g/mol. The lowest BCUT2D eigenvalue weighted by Crippen LogP contribution is -1.95. The summed E-state index contributed by atoms with van der Waals surface area (Å²) in [5, 5.41) is 4.16. The Labute approximate surface area is 118 Å². The number of anilines is 2. The second-order valence-electron chi connectivity index (χ2n) is 3.93. The SMILES string of the molecule is C#Cc1cccc(Nc2ncnc3[nH]cc(Br)c23)c1. The minimum absolute atomic E-state index is 0.729. The molecule has 0 fully saturated rings. The Bertz CT molecular complexity index is 785. The van der Waals surface area contributed by atoms with Crippen LogP contribution in [-0.2, 0) is 0 Å². The van der Waals surface area contributed by atoms with E-state index in [9.17, 15) is 0 Å². The molecule has 0 spiro atoms. The van der Waals surface area contributed by atoms with Gasteiger partial charge in [-0.3, -0.25) is 0 Å². The average Bonchev–Trinajstić information content (AvgIpc) is 2.82. The fourth-order valence-electron chi connectivity index (χ4n) is 1.84. The number of aromatic nitrogens is 3. The van der Waals surface area contributed by atoms with E-state index in [0.717, 1.165) is 32.6 Å². The zero-order chi connectivity index (χ0) is 13.2. The van der Waals surface area contributed by atoms with E-state index in [4.69, 9.17) is 6.42 Å². The summed E-state index contributed by atoms with van der Waals surface area (Å²) in [5.74, 6) is 3.34. The van der Waals surface area contributed by atoms with Gasteiger partial charge in [-0.2, -0.15) is 0 Å². The molecule has 3 rings (SSSR count). The number of hydrogen-bond acceptors (Lipinski definition) is 3. The summed E-state index contributed by atoms with van der Waals surface area (Å²) in [4.78, 5) is 11.5. The maximum atomic E-state index is 5.39. The smallest absolute Gasteiger partial charge is 0.144 e. The number of aromatic amines is 1. The first-order valence-corrected chi connectivity index (χ1v) is 6.38. The lowest BCUT2D eigenvalue weighted by atomic mass is 10.2. The molecule has 0 aliphatic rings.